The van der Waals surface area contributed by atoms with Gasteiger partial charge in [0.2, 0.25) is 0 Å². The van der Waals surface area contributed by atoms with Crippen LogP contribution in [0.25, 0.3) is 0 Å². The summed E-state index contributed by atoms with van der Waals surface area (Å²) in [4.78, 5) is 0. The van der Waals surface area contributed by atoms with Crippen molar-refractivity contribution in [2.45, 2.75) is 65.5 Å². The van der Waals surface area contributed by atoms with Crippen LogP contribution in [-0.2, 0) is 6.54 Å². The molecule has 0 bridgehead atoms. The molecule has 1 saturated carbocycles. The van der Waals surface area contributed by atoms with Gasteiger partial charge in [0, 0.05) is 6.54 Å². The van der Waals surface area contributed by atoms with Gasteiger partial charge in [0.25, 0.3) is 0 Å². The fourth-order valence-electron chi connectivity index (χ4n) is 3.36. The summed E-state index contributed by atoms with van der Waals surface area (Å²) in [7, 11) is 0. The summed E-state index contributed by atoms with van der Waals surface area (Å²) >= 11 is 0. The van der Waals surface area contributed by atoms with E-state index in [0.29, 0.717) is 0 Å². The van der Waals surface area contributed by atoms with E-state index in [4.69, 9.17) is 4.74 Å². The molecular weight excluding hydrogens is 258 g/mol. The maximum atomic E-state index is 5.74. The summed E-state index contributed by atoms with van der Waals surface area (Å²) in [5.74, 6) is 2.86. The van der Waals surface area contributed by atoms with Crippen molar-refractivity contribution in [2.24, 2.45) is 11.8 Å². The number of ether oxygens (including phenoxy) is 1. The van der Waals surface area contributed by atoms with Crippen molar-refractivity contribution in [3.05, 3.63) is 29.8 Å². The summed E-state index contributed by atoms with van der Waals surface area (Å²) in [6, 6.07) is 8.43. The Morgan fingerprint density at radius 3 is 2.90 bits per heavy atom. The Hall–Kier alpha value is -1.02. The van der Waals surface area contributed by atoms with Gasteiger partial charge in [0.15, 0.2) is 0 Å². The van der Waals surface area contributed by atoms with E-state index in [-0.39, 0.29) is 6.10 Å². The maximum Gasteiger partial charge on any atom is 0.120 e. The molecule has 2 unspecified atom stereocenters. The Morgan fingerprint density at radius 1 is 1.29 bits per heavy atom. The topological polar surface area (TPSA) is 21.3 Å². The lowest BCUT2D eigenvalue weighted by molar-refractivity contribution is 0.242. The van der Waals surface area contributed by atoms with E-state index < -0.39 is 0 Å². The minimum absolute atomic E-state index is 0.238. The molecule has 21 heavy (non-hydrogen) atoms. The SMILES string of the molecule is CC1CCCC(CCNCc2cccc(OC(C)C)c2)C1. The molecule has 0 radical (unpaired) electrons. The average Bonchev–Trinajstić information content (AvgIpc) is 2.43. The van der Waals surface area contributed by atoms with Crippen LogP contribution in [0.3, 0.4) is 0 Å². The van der Waals surface area contributed by atoms with Crippen LogP contribution in [0.4, 0.5) is 0 Å². The van der Waals surface area contributed by atoms with Crippen molar-refractivity contribution in [3.63, 3.8) is 0 Å². The Balaban J connectivity index is 1.68. The molecule has 2 atom stereocenters. The summed E-state index contributed by atoms with van der Waals surface area (Å²) in [6.45, 7) is 8.61. The Kier molecular flexibility index (Phi) is 6.56. The van der Waals surface area contributed by atoms with E-state index in [1.807, 2.05) is 6.07 Å². The number of rotatable bonds is 7. The molecule has 0 spiro atoms. The fourth-order valence-corrected chi connectivity index (χ4v) is 3.36. The molecule has 1 fully saturated rings. The lowest BCUT2D eigenvalue weighted by atomic mass is 9.81. The highest BCUT2D eigenvalue weighted by Crippen LogP contribution is 2.30. The monoisotopic (exact) mass is 289 g/mol. The van der Waals surface area contributed by atoms with E-state index in [2.05, 4.69) is 44.3 Å². The zero-order chi connectivity index (χ0) is 15.1. The van der Waals surface area contributed by atoms with E-state index in [1.165, 1.54) is 37.7 Å². The summed E-state index contributed by atoms with van der Waals surface area (Å²) in [5, 5.41) is 3.59. The molecule has 0 saturated heterocycles. The zero-order valence-corrected chi connectivity index (χ0v) is 13.9. The van der Waals surface area contributed by atoms with Crippen molar-refractivity contribution in [1.29, 1.82) is 0 Å². The second-order valence-corrected chi connectivity index (χ2v) is 6.92. The highest BCUT2D eigenvalue weighted by molar-refractivity contribution is 5.28. The zero-order valence-electron chi connectivity index (χ0n) is 13.9. The normalized spacial score (nSPS) is 22.5. The molecule has 118 valence electrons. The van der Waals surface area contributed by atoms with Crippen molar-refractivity contribution in [2.75, 3.05) is 6.54 Å². The van der Waals surface area contributed by atoms with Crippen LogP contribution in [-0.4, -0.2) is 12.6 Å². The largest absolute Gasteiger partial charge is 0.491 e. The van der Waals surface area contributed by atoms with E-state index in [9.17, 15) is 0 Å². The number of nitrogens with one attached hydrogen (secondary N) is 1. The van der Waals surface area contributed by atoms with Crippen LogP contribution in [0, 0.1) is 11.8 Å². The maximum absolute atomic E-state index is 5.74. The summed E-state index contributed by atoms with van der Waals surface area (Å²) in [6.07, 6.45) is 7.30. The average molecular weight is 289 g/mol. The molecule has 1 aromatic rings. The van der Waals surface area contributed by atoms with Gasteiger partial charge >= 0.3 is 0 Å². The van der Waals surface area contributed by atoms with Gasteiger partial charge in [-0.2, -0.15) is 0 Å². The summed E-state index contributed by atoms with van der Waals surface area (Å²) in [5.41, 5.74) is 1.31. The number of hydrogen-bond donors (Lipinski definition) is 1. The van der Waals surface area contributed by atoms with Crippen molar-refractivity contribution in [1.82, 2.24) is 5.32 Å². The van der Waals surface area contributed by atoms with Crippen LogP contribution < -0.4 is 10.1 Å². The fraction of sp³-hybridized carbons (Fsp3) is 0.684. The predicted molar refractivity (Wildman–Crippen MR) is 89.7 cm³/mol. The van der Waals surface area contributed by atoms with E-state index in [0.717, 1.165) is 30.7 Å². The molecule has 1 N–H and O–H groups in total. The van der Waals surface area contributed by atoms with Crippen molar-refractivity contribution >= 4 is 0 Å². The Morgan fingerprint density at radius 2 is 2.14 bits per heavy atom. The molecule has 1 aliphatic carbocycles. The summed E-state index contributed by atoms with van der Waals surface area (Å²) < 4.78 is 5.74. The third-order valence-corrected chi connectivity index (χ3v) is 4.37. The van der Waals surface area contributed by atoms with Gasteiger partial charge in [-0.3, -0.25) is 0 Å². The van der Waals surface area contributed by atoms with Gasteiger partial charge in [0.05, 0.1) is 6.10 Å². The Labute approximate surface area is 130 Å². The van der Waals surface area contributed by atoms with Crippen LogP contribution in [0.15, 0.2) is 24.3 Å². The van der Waals surface area contributed by atoms with Gasteiger partial charge in [-0.05, 0) is 62.8 Å². The van der Waals surface area contributed by atoms with Crippen LogP contribution in [0.2, 0.25) is 0 Å². The first-order valence-corrected chi connectivity index (χ1v) is 8.60. The van der Waals surface area contributed by atoms with Crippen LogP contribution in [0.5, 0.6) is 5.75 Å². The van der Waals surface area contributed by atoms with Gasteiger partial charge in [-0.15, -0.1) is 0 Å². The molecule has 1 aliphatic rings. The first-order valence-electron chi connectivity index (χ1n) is 8.60. The van der Waals surface area contributed by atoms with Crippen molar-refractivity contribution in [3.8, 4) is 5.75 Å². The second-order valence-electron chi connectivity index (χ2n) is 6.92. The van der Waals surface area contributed by atoms with Gasteiger partial charge in [0.1, 0.15) is 5.75 Å². The molecule has 0 heterocycles. The second kappa shape index (κ2) is 8.43. The molecule has 2 nitrogen and oxygen atoms in total. The first kappa shape index (κ1) is 16.4. The predicted octanol–water partition coefficient (Wildman–Crippen LogP) is 4.78. The first-order chi connectivity index (χ1) is 10.1. The number of hydrogen-bond acceptors (Lipinski definition) is 2. The van der Waals surface area contributed by atoms with E-state index >= 15 is 0 Å². The quantitative estimate of drug-likeness (QED) is 0.729. The lowest BCUT2D eigenvalue weighted by Crippen LogP contribution is -2.21. The van der Waals surface area contributed by atoms with Crippen LogP contribution in [0.1, 0.15) is 58.4 Å². The molecule has 1 aromatic carbocycles. The van der Waals surface area contributed by atoms with Gasteiger partial charge in [-0.1, -0.05) is 38.3 Å². The minimum atomic E-state index is 0.238. The van der Waals surface area contributed by atoms with Gasteiger partial charge < -0.3 is 10.1 Å². The molecule has 2 heteroatoms. The molecule has 0 amide bonds. The standard InChI is InChI=1S/C19H31NO/c1-15(2)21-19-9-5-8-18(13-19)14-20-11-10-17-7-4-6-16(3)12-17/h5,8-9,13,15-17,20H,4,6-7,10-12,14H2,1-3H3. The van der Waals surface area contributed by atoms with Crippen molar-refractivity contribution < 1.29 is 4.74 Å². The minimum Gasteiger partial charge on any atom is -0.491 e. The van der Waals surface area contributed by atoms with Gasteiger partial charge in [-0.25, -0.2) is 0 Å². The third kappa shape index (κ3) is 6.09. The Bertz CT molecular complexity index is 416. The molecule has 2 rings (SSSR count). The number of benzene rings is 1. The van der Waals surface area contributed by atoms with Crippen LogP contribution >= 0.6 is 0 Å². The highest BCUT2D eigenvalue weighted by Gasteiger charge is 2.17. The smallest absolute Gasteiger partial charge is 0.120 e. The molecule has 0 aromatic heterocycles. The third-order valence-electron chi connectivity index (χ3n) is 4.37. The molecular formula is C19H31NO. The molecule has 0 aliphatic heterocycles. The highest BCUT2D eigenvalue weighted by atomic mass is 16.5. The lowest BCUT2D eigenvalue weighted by Gasteiger charge is -2.26. The van der Waals surface area contributed by atoms with E-state index in [1.54, 1.807) is 0 Å².